The number of ether oxygens (including phenoxy) is 4. The Morgan fingerprint density at radius 2 is 1.81 bits per heavy atom. The van der Waals surface area contributed by atoms with Crippen LogP contribution in [0.2, 0.25) is 5.02 Å². The van der Waals surface area contributed by atoms with Crippen molar-refractivity contribution < 1.29 is 28.5 Å². The van der Waals surface area contributed by atoms with E-state index < -0.39 is 5.91 Å². The fourth-order valence-corrected chi connectivity index (χ4v) is 2.83. The Balaban J connectivity index is 2.12. The van der Waals surface area contributed by atoms with Gasteiger partial charge in [0.05, 0.1) is 25.8 Å². The quantitative estimate of drug-likeness (QED) is 0.508. The Bertz CT molecular complexity index is 961. The summed E-state index contributed by atoms with van der Waals surface area (Å²) in [6.45, 7) is 2.20. The lowest BCUT2D eigenvalue weighted by molar-refractivity contribution is -0.120. The highest BCUT2D eigenvalue weighted by Gasteiger charge is 2.12. The summed E-state index contributed by atoms with van der Waals surface area (Å²) in [5.41, 5.74) is 6.22. The van der Waals surface area contributed by atoms with Gasteiger partial charge < -0.3 is 30.0 Å². The van der Waals surface area contributed by atoms with Crippen LogP contribution in [0.5, 0.6) is 23.0 Å². The SMILES string of the molecule is CCCOc1c(Cl)cc(C=CC(=O)Nc2ccc(OC)c(OCC(N)=O)c2)cc1OC. The van der Waals surface area contributed by atoms with E-state index in [1.54, 1.807) is 30.3 Å². The molecular formula is C22H25ClN2O6. The van der Waals surface area contributed by atoms with Crippen molar-refractivity contribution in [2.24, 2.45) is 5.73 Å². The van der Waals surface area contributed by atoms with Crippen molar-refractivity contribution in [2.45, 2.75) is 13.3 Å². The maximum absolute atomic E-state index is 12.3. The third-order valence-corrected chi connectivity index (χ3v) is 4.21. The maximum atomic E-state index is 12.3. The predicted molar refractivity (Wildman–Crippen MR) is 119 cm³/mol. The van der Waals surface area contributed by atoms with Gasteiger partial charge in [0.2, 0.25) is 5.91 Å². The molecule has 2 aromatic rings. The van der Waals surface area contributed by atoms with Crippen LogP contribution in [0.25, 0.3) is 6.08 Å². The first-order valence-electron chi connectivity index (χ1n) is 9.46. The normalized spacial score (nSPS) is 10.6. The van der Waals surface area contributed by atoms with Gasteiger partial charge in [-0.2, -0.15) is 0 Å². The van der Waals surface area contributed by atoms with E-state index in [1.165, 1.54) is 26.4 Å². The number of carbonyl (C=O) groups excluding carboxylic acids is 2. The number of rotatable bonds is 11. The van der Waals surface area contributed by atoms with Gasteiger partial charge >= 0.3 is 0 Å². The molecule has 2 aromatic carbocycles. The molecule has 0 unspecified atom stereocenters. The number of nitrogens with one attached hydrogen (secondary N) is 1. The molecule has 0 saturated carbocycles. The van der Waals surface area contributed by atoms with Crippen LogP contribution >= 0.6 is 11.6 Å². The average Bonchev–Trinajstić information content (AvgIpc) is 2.75. The topological polar surface area (TPSA) is 109 Å². The molecule has 166 valence electrons. The second kappa shape index (κ2) is 11.7. The van der Waals surface area contributed by atoms with Gasteiger partial charge in [-0.25, -0.2) is 0 Å². The molecule has 0 bridgehead atoms. The molecule has 2 amide bonds. The third-order valence-electron chi connectivity index (χ3n) is 3.93. The first kappa shape index (κ1) is 23.9. The molecule has 0 fully saturated rings. The fourth-order valence-electron chi connectivity index (χ4n) is 2.55. The molecule has 9 heteroatoms. The van der Waals surface area contributed by atoms with E-state index in [0.717, 1.165) is 6.42 Å². The number of carbonyl (C=O) groups is 2. The molecule has 0 aliphatic heterocycles. The van der Waals surface area contributed by atoms with E-state index in [1.807, 2.05) is 6.92 Å². The van der Waals surface area contributed by atoms with Gasteiger partial charge in [-0.3, -0.25) is 9.59 Å². The lowest BCUT2D eigenvalue weighted by atomic mass is 10.2. The van der Waals surface area contributed by atoms with Crippen molar-refractivity contribution >= 4 is 35.2 Å². The number of benzene rings is 2. The van der Waals surface area contributed by atoms with Crippen LogP contribution in [-0.2, 0) is 9.59 Å². The molecule has 0 aromatic heterocycles. The van der Waals surface area contributed by atoms with Gasteiger partial charge in [0, 0.05) is 17.8 Å². The highest BCUT2D eigenvalue weighted by molar-refractivity contribution is 6.32. The molecule has 0 radical (unpaired) electrons. The predicted octanol–water partition coefficient (Wildman–Crippen LogP) is 3.66. The summed E-state index contributed by atoms with van der Waals surface area (Å²) in [5, 5.41) is 3.10. The third kappa shape index (κ3) is 7.11. The Hall–Kier alpha value is -3.39. The molecule has 0 aliphatic carbocycles. The molecule has 0 saturated heterocycles. The van der Waals surface area contributed by atoms with Crippen molar-refractivity contribution in [3.8, 4) is 23.0 Å². The minimum absolute atomic E-state index is 0.280. The number of hydrogen-bond acceptors (Lipinski definition) is 6. The van der Waals surface area contributed by atoms with E-state index in [9.17, 15) is 9.59 Å². The Morgan fingerprint density at radius 3 is 2.45 bits per heavy atom. The number of halogens is 1. The molecule has 0 atom stereocenters. The van der Waals surface area contributed by atoms with Gasteiger partial charge in [0.15, 0.2) is 29.6 Å². The van der Waals surface area contributed by atoms with Crippen molar-refractivity contribution in [1.82, 2.24) is 0 Å². The zero-order valence-corrected chi connectivity index (χ0v) is 18.3. The first-order chi connectivity index (χ1) is 14.9. The van der Waals surface area contributed by atoms with E-state index >= 15 is 0 Å². The molecule has 2 rings (SSSR count). The zero-order chi connectivity index (χ0) is 22.8. The van der Waals surface area contributed by atoms with Crippen molar-refractivity contribution in [2.75, 3.05) is 32.8 Å². The Kier molecular flexibility index (Phi) is 9.02. The van der Waals surface area contributed by atoms with E-state index in [4.69, 9.17) is 36.3 Å². The Morgan fingerprint density at radius 1 is 1.06 bits per heavy atom. The molecule has 0 spiro atoms. The monoisotopic (exact) mass is 448 g/mol. The van der Waals surface area contributed by atoms with Crippen LogP contribution in [0.4, 0.5) is 5.69 Å². The minimum atomic E-state index is -0.625. The largest absolute Gasteiger partial charge is 0.493 e. The summed E-state index contributed by atoms with van der Waals surface area (Å²) in [7, 11) is 2.98. The van der Waals surface area contributed by atoms with Crippen molar-refractivity contribution in [1.29, 1.82) is 0 Å². The van der Waals surface area contributed by atoms with E-state index in [0.29, 0.717) is 40.1 Å². The minimum Gasteiger partial charge on any atom is -0.493 e. The smallest absolute Gasteiger partial charge is 0.255 e. The summed E-state index contributed by atoms with van der Waals surface area (Å²) in [5.74, 6) is 0.623. The summed E-state index contributed by atoms with van der Waals surface area (Å²) in [4.78, 5) is 23.3. The summed E-state index contributed by atoms with van der Waals surface area (Å²) < 4.78 is 21.4. The standard InChI is InChI=1S/C22H25ClN2O6/c1-4-9-30-22-16(23)10-14(11-19(22)29-3)5-8-21(27)25-15-6-7-17(28-2)18(12-15)31-13-20(24)26/h5-8,10-12H,4,9,13H2,1-3H3,(H2,24,26)(H,25,27). The number of amides is 2. The van der Waals surface area contributed by atoms with Crippen LogP contribution < -0.4 is 30.0 Å². The fraction of sp³-hybridized carbons (Fsp3) is 0.273. The van der Waals surface area contributed by atoms with Crippen LogP contribution in [0.3, 0.4) is 0 Å². The number of primary amides is 1. The van der Waals surface area contributed by atoms with Gasteiger partial charge in [-0.15, -0.1) is 0 Å². The number of hydrogen-bond donors (Lipinski definition) is 2. The molecule has 31 heavy (non-hydrogen) atoms. The average molecular weight is 449 g/mol. The summed E-state index contributed by atoms with van der Waals surface area (Å²) >= 11 is 6.29. The van der Waals surface area contributed by atoms with Gasteiger partial charge in [0.1, 0.15) is 0 Å². The van der Waals surface area contributed by atoms with E-state index in [-0.39, 0.29) is 18.3 Å². The number of anilines is 1. The van der Waals surface area contributed by atoms with Crippen molar-refractivity contribution in [3.05, 3.63) is 47.0 Å². The van der Waals surface area contributed by atoms with Crippen LogP contribution in [0.15, 0.2) is 36.4 Å². The van der Waals surface area contributed by atoms with Gasteiger partial charge in [-0.05, 0) is 42.3 Å². The second-order valence-electron chi connectivity index (χ2n) is 6.33. The van der Waals surface area contributed by atoms with Crippen LogP contribution in [-0.4, -0.2) is 39.2 Å². The van der Waals surface area contributed by atoms with Crippen molar-refractivity contribution in [3.63, 3.8) is 0 Å². The van der Waals surface area contributed by atoms with Crippen LogP contribution in [0.1, 0.15) is 18.9 Å². The maximum Gasteiger partial charge on any atom is 0.255 e. The first-order valence-corrected chi connectivity index (χ1v) is 9.84. The molecule has 0 heterocycles. The summed E-state index contributed by atoms with van der Waals surface area (Å²) in [6.07, 6.45) is 3.79. The molecule has 0 aliphatic rings. The Labute approximate surface area is 185 Å². The molecule has 3 N–H and O–H groups in total. The van der Waals surface area contributed by atoms with Gasteiger partial charge in [0.25, 0.3) is 5.91 Å². The zero-order valence-electron chi connectivity index (χ0n) is 17.6. The highest BCUT2D eigenvalue weighted by atomic mass is 35.5. The molecule has 8 nitrogen and oxygen atoms in total. The summed E-state index contributed by atoms with van der Waals surface area (Å²) in [6, 6.07) is 8.19. The van der Waals surface area contributed by atoms with Crippen LogP contribution in [0, 0.1) is 0 Å². The second-order valence-corrected chi connectivity index (χ2v) is 6.73. The number of nitrogens with two attached hydrogens (primary N) is 1. The van der Waals surface area contributed by atoms with Gasteiger partial charge in [-0.1, -0.05) is 18.5 Å². The lowest BCUT2D eigenvalue weighted by Gasteiger charge is -2.13. The highest BCUT2D eigenvalue weighted by Crippen LogP contribution is 2.37. The van der Waals surface area contributed by atoms with E-state index in [2.05, 4.69) is 5.32 Å². The lowest BCUT2D eigenvalue weighted by Crippen LogP contribution is -2.20. The molecular weight excluding hydrogens is 424 g/mol. The number of methoxy groups -OCH3 is 2.